The van der Waals surface area contributed by atoms with E-state index >= 15 is 0 Å². The highest BCUT2D eigenvalue weighted by molar-refractivity contribution is 5.94. The average Bonchev–Trinajstić information content (AvgIpc) is 3.12. The lowest BCUT2D eigenvalue weighted by atomic mass is 10.1. The molecule has 0 spiro atoms. The van der Waals surface area contributed by atoms with Crippen LogP contribution in [0.25, 0.3) is 5.65 Å². The minimum absolute atomic E-state index is 0.0307. The van der Waals surface area contributed by atoms with E-state index in [1.165, 1.54) is 18.6 Å². The van der Waals surface area contributed by atoms with Crippen LogP contribution in [-0.4, -0.2) is 39.8 Å². The van der Waals surface area contributed by atoms with Crippen LogP contribution in [0, 0.1) is 12.7 Å². The number of hydrogen-bond acceptors (Lipinski definition) is 3. The van der Waals surface area contributed by atoms with Gasteiger partial charge in [0.2, 0.25) is 0 Å². The summed E-state index contributed by atoms with van der Waals surface area (Å²) < 4.78 is 15.1. The van der Waals surface area contributed by atoms with E-state index in [-0.39, 0.29) is 11.7 Å². The number of amides is 1. The SMILES string of the molecule is Cc1cccn2c(CNCCc3ccc(F)cc3)c(C(=O)N3CCCCC3)nc12. The molecule has 4 rings (SSSR count). The van der Waals surface area contributed by atoms with Crippen molar-refractivity contribution in [3.8, 4) is 0 Å². The molecule has 3 heterocycles. The molecule has 0 unspecified atom stereocenters. The second-order valence-electron chi connectivity index (χ2n) is 7.70. The van der Waals surface area contributed by atoms with E-state index in [1.54, 1.807) is 12.1 Å². The number of fused-ring (bicyclic) bond motifs is 1. The van der Waals surface area contributed by atoms with Gasteiger partial charge >= 0.3 is 0 Å². The predicted octanol–water partition coefficient (Wildman–Crippen LogP) is 3.74. The Hall–Kier alpha value is -2.73. The first-order valence-corrected chi connectivity index (χ1v) is 10.3. The molecule has 1 aromatic carbocycles. The molecule has 0 saturated carbocycles. The number of hydrogen-bond donors (Lipinski definition) is 1. The number of likely N-dealkylation sites (tertiary alicyclic amines) is 1. The highest BCUT2D eigenvalue weighted by atomic mass is 19.1. The molecule has 6 heteroatoms. The summed E-state index contributed by atoms with van der Waals surface area (Å²) in [4.78, 5) is 19.8. The summed E-state index contributed by atoms with van der Waals surface area (Å²) in [7, 11) is 0. The van der Waals surface area contributed by atoms with Crippen molar-refractivity contribution >= 4 is 11.6 Å². The van der Waals surface area contributed by atoms with E-state index in [0.717, 1.165) is 61.4 Å². The van der Waals surface area contributed by atoms with Crippen LogP contribution in [0.2, 0.25) is 0 Å². The summed E-state index contributed by atoms with van der Waals surface area (Å²) in [6.07, 6.45) is 6.07. The van der Waals surface area contributed by atoms with Crippen LogP contribution < -0.4 is 5.32 Å². The number of imidazole rings is 1. The molecule has 0 radical (unpaired) electrons. The summed E-state index contributed by atoms with van der Waals surface area (Å²) >= 11 is 0. The van der Waals surface area contributed by atoms with Gasteiger partial charge in [-0.05, 0) is 68.5 Å². The van der Waals surface area contributed by atoms with Gasteiger partial charge in [0.1, 0.15) is 11.5 Å². The van der Waals surface area contributed by atoms with Gasteiger partial charge in [-0.1, -0.05) is 18.2 Å². The number of carbonyl (C=O) groups is 1. The maximum atomic E-state index is 13.2. The van der Waals surface area contributed by atoms with Crippen LogP contribution in [0.5, 0.6) is 0 Å². The molecule has 1 aliphatic rings. The normalized spacial score (nSPS) is 14.5. The zero-order chi connectivity index (χ0) is 20.2. The largest absolute Gasteiger partial charge is 0.337 e. The lowest BCUT2D eigenvalue weighted by Gasteiger charge is -2.26. The van der Waals surface area contributed by atoms with Crippen molar-refractivity contribution in [1.82, 2.24) is 19.6 Å². The van der Waals surface area contributed by atoms with Gasteiger partial charge in [0.05, 0.1) is 5.69 Å². The molecule has 0 atom stereocenters. The lowest BCUT2D eigenvalue weighted by Crippen LogP contribution is -2.36. The average molecular weight is 394 g/mol. The number of halogens is 1. The number of nitrogens with zero attached hydrogens (tertiary/aromatic N) is 3. The number of nitrogens with one attached hydrogen (secondary N) is 1. The first-order valence-electron chi connectivity index (χ1n) is 10.3. The number of carbonyl (C=O) groups excluding carboxylic acids is 1. The van der Waals surface area contributed by atoms with Crippen LogP contribution in [0.4, 0.5) is 4.39 Å². The van der Waals surface area contributed by atoms with Gasteiger partial charge < -0.3 is 14.6 Å². The van der Waals surface area contributed by atoms with Crippen molar-refractivity contribution in [1.29, 1.82) is 0 Å². The highest BCUT2D eigenvalue weighted by Crippen LogP contribution is 2.20. The van der Waals surface area contributed by atoms with Crippen molar-refractivity contribution in [2.45, 2.75) is 39.2 Å². The fourth-order valence-corrected chi connectivity index (χ4v) is 3.93. The molecule has 3 aromatic rings. The van der Waals surface area contributed by atoms with Gasteiger partial charge in [0.25, 0.3) is 5.91 Å². The van der Waals surface area contributed by atoms with E-state index in [4.69, 9.17) is 4.98 Å². The molecule has 5 nitrogen and oxygen atoms in total. The molecule has 152 valence electrons. The third-order valence-electron chi connectivity index (χ3n) is 5.59. The van der Waals surface area contributed by atoms with Crippen LogP contribution in [0.1, 0.15) is 46.6 Å². The molecule has 2 aromatic heterocycles. The maximum Gasteiger partial charge on any atom is 0.274 e. The Morgan fingerprint density at radius 3 is 2.66 bits per heavy atom. The van der Waals surface area contributed by atoms with Crippen LogP contribution in [-0.2, 0) is 13.0 Å². The molecule has 1 saturated heterocycles. The zero-order valence-electron chi connectivity index (χ0n) is 16.8. The standard InChI is InChI=1S/C23H27FN4O/c1-17-6-5-15-28-20(16-25-12-11-18-7-9-19(24)10-8-18)21(26-22(17)28)23(29)27-13-3-2-4-14-27/h5-10,15,25H,2-4,11-14,16H2,1H3. The smallest absolute Gasteiger partial charge is 0.274 e. The van der Waals surface area contributed by atoms with Gasteiger partial charge in [0, 0.05) is 25.8 Å². The van der Waals surface area contributed by atoms with Gasteiger partial charge in [-0.25, -0.2) is 9.37 Å². The van der Waals surface area contributed by atoms with Crippen LogP contribution >= 0.6 is 0 Å². The fraction of sp³-hybridized carbons (Fsp3) is 0.391. The lowest BCUT2D eigenvalue weighted by molar-refractivity contribution is 0.0717. The molecule has 1 N–H and O–H groups in total. The number of pyridine rings is 1. The highest BCUT2D eigenvalue weighted by Gasteiger charge is 2.25. The Balaban J connectivity index is 1.52. The van der Waals surface area contributed by atoms with Gasteiger partial charge in [-0.2, -0.15) is 0 Å². The van der Waals surface area contributed by atoms with Crippen LogP contribution in [0.15, 0.2) is 42.6 Å². The molecule has 1 fully saturated rings. The minimum Gasteiger partial charge on any atom is -0.337 e. The summed E-state index contributed by atoms with van der Waals surface area (Å²) in [5, 5.41) is 3.44. The van der Waals surface area contributed by atoms with E-state index in [2.05, 4.69) is 5.32 Å². The monoisotopic (exact) mass is 394 g/mol. The summed E-state index contributed by atoms with van der Waals surface area (Å²) in [6.45, 7) is 4.93. The molecule has 1 amide bonds. The third-order valence-corrected chi connectivity index (χ3v) is 5.59. The van der Waals surface area contributed by atoms with Crippen molar-refractivity contribution in [3.63, 3.8) is 0 Å². The Kier molecular flexibility index (Phi) is 5.90. The Morgan fingerprint density at radius 2 is 1.90 bits per heavy atom. The van der Waals surface area contributed by atoms with Gasteiger partial charge in [-0.3, -0.25) is 4.79 Å². The Bertz CT molecular complexity index is 990. The van der Waals surface area contributed by atoms with Crippen LogP contribution in [0.3, 0.4) is 0 Å². The van der Waals surface area contributed by atoms with Gasteiger partial charge in [-0.15, -0.1) is 0 Å². The first kappa shape index (κ1) is 19.6. The zero-order valence-corrected chi connectivity index (χ0v) is 16.8. The van der Waals surface area contributed by atoms with Crippen molar-refractivity contribution in [3.05, 3.63) is 70.9 Å². The summed E-state index contributed by atoms with van der Waals surface area (Å²) in [5.74, 6) is -0.188. The van der Waals surface area contributed by atoms with Crippen molar-refractivity contribution in [2.75, 3.05) is 19.6 Å². The summed E-state index contributed by atoms with van der Waals surface area (Å²) in [6, 6.07) is 10.6. The topological polar surface area (TPSA) is 49.6 Å². The molecular formula is C23H27FN4O. The molecule has 0 bridgehead atoms. The van der Waals surface area contributed by atoms with E-state index in [0.29, 0.717) is 12.2 Å². The Labute approximate surface area is 170 Å². The van der Waals surface area contributed by atoms with E-state index in [9.17, 15) is 9.18 Å². The van der Waals surface area contributed by atoms with Gasteiger partial charge in [0.15, 0.2) is 5.69 Å². The second kappa shape index (κ2) is 8.74. The summed E-state index contributed by atoms with van der Waals surface area (Å²) in [5.41, 5.74) is 4.42. The molecule has 29 heavy (non-hydrogen) atoms. The van der Waals surface area contributed by atoms with Crippen molar-refractivity contribution in [2.24, 2.45) is 0 Å². The van der Waals surface area contributed by atoms with E-state index in [1.807, 2.05) is 34.6 Å². The van der Waals surface area contributed by atoms with E-state index < -0.39 is 0 Å². The number of rotatable bonds is 6. The first-order chi connectivity index (χ1) is 14.1. The Morgan fingerprint density at radius 1 is 1.14 bits per heavy atom. The second-order valence-corrected chi connectivity index (χ2v) is 7.70. The number of aromatic nitrogens is 2. The maximum absolute atomic E-state index is 13.2. The minimum atomic E-state index is -0.219. The number of benzene rings is 1. The van der Waals surface area contributed by atoms with Crippen molar-refractivity contribution < 1.29 is 9.18 Å². The molecule has 1 aliphatic heterocycles. The molecular weight excluding hydrogens is 367 g/mol. The fourth-order valence-electron chi connectivity index (χ4n) is 3.93. The number of aryl methyl sites for hydroxylation is 1. The molecule has 0 aliphatic carbocycles. The predicted molar refractivity (Wildman–Crippen MR) is 111 cm³/mol. The number of piperidine rings is 1. The third kappa shape index (κ3) is 4.32. The quantitative estimate of drug-likeness (QED) is 0.648.